The van der Waals surface area contributed by atoms with Crippen LogP contribution in [0, 0.1) is 5.92 Å². The predicted octanol–water partition coefficient (Wildman–Crippen LogP) is 2.03. The third kappa shape index (κ3) is 6.05. The maximum atomic E-state index is 13.5. The van der Waals surface area contributed by atoms with Gasteiger partial charge in [0.15, 0.2) is 17.0 Å². The van der Waals surface area contributed by atoms with Crippen LogP contribution < -0.4 is 16.2 Å². The summed E-state index contributed by atoms with van der Waals surface area (Å²) in [5, 5.41) is 1.85. The Bertz CT molecular complexity index is 1400. The Morgan fingerprint density at radius 2 is 1.64 bits per heavy atom. The highest BCUT2D eigenvalue weighted by Gasteiger charge is 2.31. The van der Waals surface area contributed by atoms with Crippen LogP contribution in [0.5, 0.6) is 0 Å². The molecular weight excluding hydrogens is 532 g/mol. The van der Waals surface area contributed by atoms with Gasteiger partial charge in [-0.2, -0.15) is 9.97 Å². The normalized spacial score (nSPS) is 19.4. The number of rotatable bonds is 7. The number of aromatic nitrogens is 4. The van der Waals surface area contributed by atoms with Gasteiger partial charge in [0, 0.05) is 51.3 Å². The predicted molar refractivity (Wildman–Crippen MR) is 161 cm³/mol. The van der Waals surface area contributed by atoms with E-state index in [1.54, 1.807) is 10.9 Å². The summed E-state index contributed by atoms with van der Waals surface area (Å²) in [7, 11) is 3.97. The van der Waals surface area contributed by atoms with Gasteiger partial charge in [-0.15, -0.1) is 0 Å². The lowest BCUT2D eigenvalue weighted by atomic mass is 9.94. The quantitative estimate of drug-likeness (QED) is 0.407. The first-order valence-electron chi connectivity index (χ1n) is 15.2. The number of piperazine rings is 1. The number of benzene rings is 1. The highest BCUT2D eigenvalue weighted by molar-refractivity contribution is 5.96. The first-order chi connectivity index (χ1) is 20.4. The third-order valence-corrected chi connectivity index (χ3v) is 9.07. The Kier molecular flexibility index (Phi) is 8.25. The van der Waals surface area contributed by atoms with E-state index in [4.69, 9.17) is 5.73 Å². The van der Waals surface area contributed by atoms with Crippen LogP contribution in [0.2, 0.25) is 0 Å². The average molecular weight is 575 g/mol. The molecule has 3 aromatic rings. The SMILES string of the molecule is CN1CCN(C(=O)C2CCN(Cc3ccc(C(=O)NN(c4nc(N)nc5c4ncn5C)C4CCCC4)cc3)CC2)CC1. The minimum absolute atomic E-state index is 0.110. The first-order valence-corrected chi connectivity index (χ1v) is 15.2. The van der Waals surface area contributed by atoms with Crippen molar-refractivity contribution in [2.45, 2.75) is 51.1 Å². The number of carbonyl (C=O) groups excluding carboxylic acids is 2. The minimum atomic E-state index is -0.196. The lowest BCUT2D eigenvalue weighted by Crippen LogP contribution is -2.50. The molecule has 4 heterocycles. The number of imidazole rings is 1. The number of aryl methyl sites for hydroxylation is 1. The van der Waals surface area contributed by atoms with E-state index in [9.17, 15) is 9.59 Å². The van der Waals surface area contributed by atoms with Crippen LogP contribution in [-0.4, -0.2) is 98.4 Å². The van der Waals surface area contributed by atoms with Crippen molar-refractivity contribution in [3.8, 4) is 0 Å². The number of hydrazine groups is 1. The second-order valence-electron chi connectivity index (χ2n) is 12.1. The second kappa shape index (κ2) is 12.2. The molecule has 224 valence electrons. The van der Waals surface area contributed by atoms with E-state index in [-0.39, 0.29) is 23.8 Å². The molecule has 1 aliphatic carbocycles. The molecule has 6 rings (SSSR count). The second-order valence-corrected chi connectivity index (χ2v) is 12.1. The van der Waals surface area contributed by atoms with Gasteiger partial charge in [0.1, 0.15) is 0 Å². The molecule has 0 atom stereocenters. The van der Waals surface area contributed by atoms with Crippen molar-refractivity contribution in [1.82, 2.24) is 39.6 Å². The van der Waals surface area contributed by atoms with Gasteiger partial charge in [-0.1, -0.05) is 25.0 Å². The Morgan fingerprint density at radius 3 is 2.33 bits per heavy atom. The van der Waals surface area contributed by atoms with Crippen LogP contribution in [0.3, 0.4) is 0 Å². The van der Waals surface area contributed by atoms with E-state index in [1.807, 2.05) is 36.3 Å². The lowest BCUT2D eigenvalue weighted by Gasteiger charge is -2.37. The molecule has 0 unspecified atom stereocenters. The Morgan fingerprint density at radius 1 is 0.952 bits per heavy atom. The molecule has 1 saturated carbocycles. The number of nitrogens with two attached hydrogens (primary N) is 1. The van der Waals surface area contributed by atoms with Crippen molar-refractivity contribution in [3.63, 3.8) is 0 Å². The number of hydrogen-bond acceptors (Lipinski definition) is 9. The van der Waals surface area contributed by atoms with Crippen LogP contribution in [-0.2, 0) is 18.4 Å². The molecule has 2 saturated heterocycles. The molecule has 2 aliphatic heterocycles. The zero-order valence-electron chi connectivity index (χ0n) is 24.7. The van der Waals surface area contributed by atoms with E-state index in [1.165, 1.54) is 0 Å². The van der Waals surface area contributed by atoms with Crippen LogP contribution in [0.15, 0.2) is 30.6 Å². The number of carbonyl (C=O) groups is 2. The number of anilines is 2. The maximum Gasteiger partial charge on any atom is 0.269 e. The number of hydrogen-bond donors (Lipinski definition) is 2. The maximum absolute atomic E-state index is 13.5. The molecule has 0 spiro atoms. The summed E-state index contributed by atoms with van der Waals surface area (Å²) in [5.74, 6) is 0.951. The third-order valence-electron chi connectivity index (χ3n) is 9.07. The van der Waals surface area contributed by atoms with E-state index in [2.05, 4.69) is 42.1 Å². The molecule has 42 heavy (non-hydrogen) atoms. The van der Waals surface area contributed by atoms with Crippen molar-refractivity contribution in [2.24, 2.45) is 13.0 Å². The Labute approximate surface area is 246 Å². The van der Waals surface area contributed by atoms with Gasteiger partial charge < -0.3 is 20.1 Å². The van der Waals surface area contributed by atoms with Gasteiger partial charge in [0.2, 0.25) is 11.9 Å². The fourth-order valence-electron chi connectivity index (χ4n) is 6.47. The molecule has 3 N–H and O–H groups in total. The summed E-state index contributed by atoms with van der Waals surface area (Å²) in [4.78, 5) is 46.5. The van der Waals surface area contributed by atoms with Crippen molar-refractivity contribution >= 4 is 34.7 Å². The molecule has 2 aromatic heterocycles. The van der Waals surface area contributed by atoms with E-state index in [0.717, 1.165) is 89.9 Å². The number of fused-ring (bicyclic) bond motifs is 1. The number of nitrogens with one attached hydrogen (secondary N) is 1. The minimum Gasteiger partial charge on any atom is -0.368 e. The summed E-state index contributed by atoms with van der Waals surface area (Å²) >= 11 is 0. The summed E-state index contributed by atoms with van der Waals surface area (Å²) in [6, 6.07) is 7.92. The molecule has 0 radical (unpaired) electrons. The molecular formula is C30H42N10O2. The molecule has 0 bridgehead atoms. The highest BCUT2D eigenvalue weighted by Crippen LogP contribution is 2.30. The number of likely N-dealkylation sites (tertiary alicyclic amines) is 1. The smallest absolute Gasteiger partial charge is 0.269 e. The van der Waals surface area contributed by atoms with E-state index in [0.29, 0.717) is 28.5 Å². The van der Waals surface area contributed by atoms with Crippen molar-refractivity contribution < 1.29 is 9.59 Å². The number of piperidine rings is 1. The first kappa shape index (κ1) is 28.4. The van der Waals surface area contributed by atoms with Gasteiger partial charge in [-0.25, -0.2) is 4.98 Å². The summed E-state index contributed by atoms with van der Waals surface area (Å²) in [6.45, 7) is 6.23. The van der Waals surface area contributed by atoms with Crippen LogP contribution in [0.1, 0.15) is 54.4 Å². The molecule has 1 aromatic carbocycles. The number of nitrogens with zero attached hydrogens (tertiary/aromatic N) is 8. The summed E-state index contributed by atoms with van der Waals surface area (Å²) in [6.07, 6.45) is 7.59. The van der Waals surface area contributed by atoms with Crippen molar-refractivity contribution in [2.75, 3.05) is 57.1 Å². The summed E-state index contributed by atoms with van der Waals surface area (Å²) in [5.41, 5.74) is 12.2. The molecule has 3 fully saturated rings. The van der Waals surface area contributed by atoms with Gasteiger partial charge in [-0.3, -0.25) is 24.9 Å². The zero-order valence-corrected chi connectivity index (χ0v) is 24.7. The van der Waals surface area contributed by atoms with Crippen molar-refractivity contribution in [3.05, 3.63) is 41.7 Å². The number of likely N-dealkylation sites (N-methyl/N-ethyl adjacent to an activating group) is 1. The van der Waals surface area contributed by atoms with E-state index < -0.39 is 0 Å². The summed E-state index contributed by atoms with van der Waals surface area (Å²) < 4.78 is 1.80. The molecule has 3 aliphatic rings. The highest BCUT2D eigenvalue weighted by atomic mass is 16.2. The zero-order chi connectivity index (χ0) is 29.2. The fourth-order valence-corrected chi connectivity index (χ4v) is 6.47. The van der Waals surface area contributed by atoms with Crippen LogP contribution >= 0.6 is 0 Å². The standard InChI is InChI=1S/C30H42N10O2/c1-36-15-17-39(18-16-36)29(42)23-11-13-38(14-12-23)19-21-7-9-22(10-8-21)28(41)35-40(24-5-3-4-6-24)27-25-26(33-30(31)34-27)37(2)20-32-25/h7-10,20,23-24H,3-6,11-19H2,1-2H3,(H,35,41)(H2,31,33,34). The van der Waals surface area contributed by atoms with Crippen LogP contribution in [0.4, 0.5) is 11.8 Å². The number of nitrogen functional groups attached to an aromatic ring is 1. The molecule has 12 nitrogen and oxygen atoms in total. The average Bonchev–Trinajstić information content (AvgIpc) is 3.67. The van der Waals surface area contributed by atoms with Crippen LogP contribution in [0.25, 0.3) is 11.2 Å². The molecule has 2 amide bonds. The van der Waals surface area contributed by atoms with Crippen molar-refractivity contribution in [1.29, 1.82) is 0 Å². The van der Waals surface area contributed by atoms with E-state index >= 15 is 0 Å². The van der Waals surface area contributed by atoms with Gasteiger partial charge >= 0.3 is 0 Å². The monoisotopic (exact) mass is 574 g/mol. The van der Waals surface area contributed by atoms with Gasteiger partial charge in [0.25, 0.3) is 5.91 Å². The fraction of sp³-hybridized carbons (Fsp3) is 0.567. The topological polar surface area (TPSA) is 129 Å². The lowest BCUT2D eigenvalue weighted by molar-refractivity contribution is -0.138. The largest absolute Gasteiger partial charge is 0.368 e. The Hall–Kier alpha value is -3.77. The van der Waals surface area contributed by atoms with Gasteiger partial charge in [0.05, 0.1) is 12.4 Å². The van der Waals surface area contributed by atoms with Gasteiger partial charge in [-0.05, 0) is 63.5 Å². The Balaban J connectivity index is 1.07. The number of amides is 2. The molecule has 12 heteroatoms.